The fourth-order valence-electron chi connectivity index (χ4n) is 2.64. The van der Waals surface area contributed by atoms with Crippen LogP contribution in [-0.4, -0.2) is 65.8 Å². The van der Waals surface area contributed by atoms with Crippen molar-refractivity contribution in [3.8, 4) is 0 Å². The van der Waals surface area contributed by atoms with Crippen molar-refractivity contribution in [2.24, 2.45) is 0 Å². The maximum absolute atomic E-state index is 12.4. The maximum atomic E-state index is 12.4. The van der Waals surface area contributed by atoms with Crippen LogP contribution in [0.3, 0.4) is 0 Å². The van der Waals surface area contributed by atoms with Gasteiger partial charge in [0.25, 0.3) is 5.91 Å². The quantitative estimate of drug-likeness (QED) is 0.541. The molecular formula is C16H21N4O3S2+. The van der Waals surface area contributed by atoms with Crippen LogP contribution in [0, 0.1) is 0 Å². The highest BCUT2D eigenvalue weighted by molar-refractivity contribution is 8.26. The fourth-order valence-corrected chi connectivity index (χ4v) is 3.93. The molecule has 2 aliphatic rings. The number of carbonyl (C=O) groups is 2. The Morgan fingerprint density at radius 3 is 2.92 bits per heavy atom. The number of thioether (sulfide) groups is 1. The molecule has 0 aromatic carbocycles. The molecule has 9 heteroatoms. The Balaban J connectivity index is 1.50. The molecule has 3 heterocycles. The Hall–Kier alpha value is -1.68. The molecule has 0 saturated carbocycles. The Morgan fingerprint density at radius 1 is 1.48 bits per heavy atom. The minimum Gasteiger partial charge on any atom is -0.465 e. The molecule has 0 spiro atoms. The average molecular weight is 382 g/mol. The van der Waals surface area contributed by atoms with Gasteiger partial charge in [-0.2, -0.15) is 0 Å². The lowest BCUT2D eigenvalue weighted by atomic mass is 10.3. The summed E-state index contributed by atoms with van der Waals surface area (Å²) in [5.74, 6) is 0.335. The zero-order chi connectivity index (χ0) is 17.8. The molecule has 134 valence electrons. The second kappa shape index (κ2) is 8.13. The van der Waals surface area contributed by atoms with E-state index in [-0.39, 0.29) is 24.8 Å². The number of furan rings is 1. The summed E-state index contributed by atoms with van der Waals surface area (Å²) in [5, 5.41) is 1.94. The summed E-state index contributed by atoms with van der Waals surface area (Å²) < 4.78 is 5.70. The summed E-state index contributed by atoms with van der Waals surface area (Å²) in [6.45, 7) is 3.97. The first-order valence-electron chi connectivity index (χ1n) is 8.17. The highest BCUT2D eigenvalue weighted by Crippen LogP contribution is 2.32. The third-order valence-electron chi connectivity index (χ3n) is 4.15. The first kappa shape index (κ1) is 18.1. The average Bonchev–Trinajstić information content (AvgIpc) is 3.18. The molecule has 2 N–H and O–H groups in total. The summed E-state index contributed by atoms with van der Waals surface area (Å²) in [4.78, 5) is 28.0. The Bertz CT molecular complexity index is 682. The fraction of sp³-hybridized carbons (Fsp3) is 0.438. The predicted octanol–water partition coefficient (Wildman–Crippen LogP) is -0.268. The van der Waals surface area contributed by atoms with Crippen molar-refractivity contribution in [2.75, 3.05) is 39.8 Å². The van der Waals surface area contributed by atoms with Gasteiger partial charge in [-0.3, -0.25) is 19.9 Å². The van der Waals surface area contributed by atoms with E-state index in [9.17, 15) is 9.59 Å². The summed E-state index contributed by atoms with van der Waals surface area (Å²) in [5.41, 5.74) is 2.90. The van der Waals surface area contributed by atoms with Crippen LogP contribution >= 0.6 is 24.0 Å². The second-order valence-corrected chi connectivity index (χ2v) is 7.75. The number of rotatable bonds is 5. The summed E-state index contributed by atoms with van der Waals surface area (Å²) >= 11 is 6.50. The Morgan fingerprint density at radius 2 is 2.24 bits per heavy atom. The lowest BCUT2D eigenvalue weighted by Crippen LogP contribution is -3.12. The van der Waals surface area contributed by atoms with Crippen LogP contribution in [0.15, 0.2) is 27.7 Å². The molecule has 1 aromatic heterocycles. The zero-order valence-corrected chi connectivity index (χ0v) is 15.6. The van der Waals surface area contributed by atoms with Gasteiger partial charge in [0.1, 0.15) is 10.1 Å². The number of hydrogen-bond donors (Lipinski definition) is 2. The molecule has 2 aliphatic heterocycles. The van der Waals surface area contributed by atoms with Crippen LogP contribution in [0.2, 0.25) is 0 Å². The third kappa shape index (κ3) is 4.69. The number of amides is 2. The normalized spacial score (nSPS) is 21.3. The lowest BCUT2D eigenvalue weighted by molar-refractivity contribution is -0.884. The van der Waals surface area contributed by atoms with E-state index < -0.39 is 0 Å². The molecule has 25 heavy (non-hydrogen) atoms. The van der Waals surface area contributed by atoms with Crippen molar-refractivity contribution in [1.29, 1.82) is 0 Å². The number of nitrogens with one attached hydrogen (secondary N) is 2. The number of nitrogens with zero attached hydrogens (tertiary/aromatic N) is 2. The molecule has 0 aliphatic carbocycles. The van der Waals surface area contributed by atoms with Gasteiger partial charge in [-0.15, -0.1) is 0 Å². The van der Waals surface area contributed by atoms with E-state index in [1.54, 1.807) is 24.5 Å². The van der Waals surface area contributed by atoms with E-state index >= 15 is 0 Å². The summed E-state index contributed by atoms with van der Waals surface area (Å²) in [6.07, 6.45) is 3.45. The van der Waals surface area contributed by atoms with E-state index in [0.717, 1.165) is 26.2 Å². The SMILES string of the molecule is C[NH+]1CCN(NC(=O)CCN2C(=O)C(=Cc3ccco3)SC2=S)CC1. The monoisotopic (exact) mass is 381 g/mol. The topological polar surface area (TPSA) is 70.2 Å². The van der Waals surface area contributed by atoms with Crippen molar-refractivity contribution >= 4 is 46.2 Å². The molecule has 0 bridgehead atoms. The van der Waals surface area contributed by atoms with Crippen molar-refractivity contribution in [1.82, 2.24) is 15.3 Å². The molecule has 0 unspecified atom stereocenters. The van der Waals surface area contributed by atoms with Gasteiger partial charge in [0, 0.05) is 19.0 Å². The van der Waals surface area contributed by atoms with E-state index in [4.69, 9.17) is 16.6 Å². The van der Waals surface area contributed by atoms with Gasteiger partial charge in [0.05, 0.1) is 44.4 Å². The molecular weight excluding hydrogens is 360 g/mol. The van der Waals surface area contributed by atoms with Crippen LogP contribution in [0.1, 0.15) is 12.2 Å². The number of carbonyl (C=O) groups excluding carboxylic acids is 2. The zero-order valence-electron chi connectivity index (χ0n) is 14.0. The lowest BCUT2D eigenvalue weighted by Gasteiger charge is -2.30. The molecule has 2 saturated heterocycles. The Kier molecular flexibility index (Phi) is 5.89. The van der Waals surface area contributed by atoms with E-state index in [0.29, 0.717) is 15.0 Å². The van der Waals surface area contributed by atoms with Crippen LogP contribution < -0.4 is 10.3 Å². The van der Waals surface area contributed by atoms with Crippen molar-refractivity contribution in [3.05, 3.63) is 29.1 Å². The van der Waals surface area contributed by atoms with E-state index in [2.05, 4.69) is 12.5 Å². The number of quaternary nitrogens is 1. The summed E-state index contributed by atoms with van der Waals surface area (Å²) in [7, 11) is 2.14. The number of likely N-dealkylation sites (N-methyl/N-ethyl adjacent to an activating group) is 1. The van der Waals surface area contributed by atoms with Crippen LogP contribution in [0.25, 0.3) is 6.08 Å². The number of piperazine rings is 1. The summed E-state index contributed by atoms with van der Waals surface area (Å²) in [6, 6.07) is 3.54. The first-order valence-corrected chi connectivity index (χ1v) is 9.40. The molecule has 2 amide bonds. The minimum atomic E-state index is -0.178. The van der Waals surface area contributed by atoms with Gasteiger partial charge in [-0.05, 0) is 12.1 Å². The molecule has 0 radical (unpaired) electrons. The van der Waals surface area contributed by atoms with Gasteiger partial charge < -0.3 is 9.32 Å². The molecule has 3 rings (SSSR count). The standard InChI is InChI=1S/C16H20N4O3S2/c1-18-6-8-19(9-7-18)17-14(21)4-5-20-15(22)13(25-16(20)24)11-12-3-2-10-23-12/h2-3,10-11H,4-9H2,1H3,(H,17,21)/p+1. The molecule has 0 atom stereocenters. The number of hydrazine groups is 1. The van der Waals surface area contributed by atoms with Gasteiger partial charge in [0.2, 0.25) is 5.91 Å². The highest BCUT2D eigenvalue weighted by Gasteiger charge is 2.32. The minimum absolute atomic E-state index is 0.0939. The maximum Gasteiger partial charge on any atom is 0.266 e. The number of thiocarbonyl (C=S) groups is 1. The van der Waals surface area contributed by atoms with Crippen LogP contribution in [-0.2, 0) is 9.59 Å². The van der Waals surface area contributed by atoms with Crippen LogP contribution in [0.4, 0.5) is 0 Å². The smallest absolute Gasteiger partial charge is 0.266 e. The van der Waals surface area contributed by atoms with Crippen LogP contribution in [0.5, 0.6) is 0 Å². The number of hydrogen-bond acceptors (Lipinski definition) is 6. The Labute approximate surface area is 156 Å². The largest absolute Gasteiger partial charge is 0.465 e. The van der Waals surface area contributed by atoms with Gasteiger partial charge in [0.15, 0.2) is 0 Å². The molecule has 1 aromatic rings. The van der Waals surface area contributed by atoms with Crippen molar-refractivity contribution in [3.63, 3.8) is 0 Å². The van der Waals surface area contributed by atoms with Crippen molar-refractivity contribution < 1.29 is 18.9 Å². The molecule has 7 nitrogen and oxygen atoms in total. The van der Waals surface area contributed by atoms with Gasteiger partial charge in [-0.1, -0.05) is 24.0 Å². The van der Waals surface area contributed by atoms with E-state index in [1.165, 1.54) is 21.6 Å². The van der Waals surface area contributed by atoms with E-state index in [1.807, 2.05) is 5.01 Å². The van der Waals surface area contributed by atoms with Gasteiger partial charge >= 0.3 is 0 Å². The second-order valence-electron chi connectivity index (χ2n) is 6.08. The highest BCUT2D eigenvalue weighted by atomic mass is 32.2. The van der Waals surface area contributed by atoms with Gasteiger partial charge in [-0.25, -0.2) is 5.01 Å². The van der Waals surface area contributed by atoms with Crippen molar-refractivity contribution in [2.45, 2.75) is 6.42 Å². The first-order chi connectivity index (χ1) is 12.0. The molecule has 2 fully saturated rings. The third-order valence-corrected chi connectivity index (χ3v) is 5.53. The predicted molar refractivity (Wildman–Crippen MR) is 99.5 cm³/mol.